The van der Waals surface area contributed by atoms with Gasteiger partial charge in [0, 0.05) is 12.8 Å². The molecule has 0 heterocycles. The van der Waals surface area contributed by atoms with E-state index in [1.807, 2.05) is 34.6 Å². The quantitative estimate of drug-likeness (QED) is 0.219. The van der Waals surface area contributed by atoms with Crippen LogP contribution in [0.2, 0.25) is 0 Å². The Hall–Kier alpha value is -0.660. The molecule has 0 bridgehead atoms. The maximum absolute atomic E-state index is 12.0. The van der Waals surface area contributed by atoms with Gasteiger partial charge in [0.25, 0.3) is 10.1 Å². The van der Waals surface area contributed by atoms with Crippen LogP contribution in [0.1, 0.15) is 106 Å². The molecule has 1 unspecified atom stereocenters. The minimum Gasteiger partial charge on any atom is -0.460 e. The summed E-state index contributed by atoms with van der Waals surface area (Å²) < 4.78 is 42.6. The number of carbonyl (C=O) groups is 1. The number of ether oxygens (including phenoxy) is 2. The molecule has 0 rings (SSSR count). The molecule has 0 aromatic rings. The van der Waals surface area contributed by atoms with Crippen LogP contribution in [-0.4, -0.2) is 42.0 Å². The molecule has 0 spiro atoms. The third-order valence-electron chi connectivity index (χ3n) is 4.66. The van der Waals surface area contributed by atoms with Gasteiger partial charge in [0.2, 0.25) is 0 Å². The summed E-state index contributed by atoms with van der Waals surface area (Å²) in [4.78, 5) is 12.0. The summed E-state index contributed by atoms with van der Waals surface area (Å²) in [5, 5.41) is -0.639. The first-order valence-corrected chi connectivity index (χ1v) is 12.1. The van der Waals surface area contributed by atoms with Crippen LogP contribution < -0.4 is 0 Å². The van der Waals surface area contributed by atoms with Gasteiger partial charge in [-0.2, -0.15) is 8.42 Å². The zero-order valence-corrected chi connectivity index (χ0v) is 19.6. The van der Waals surface area contributed by atoms with Crippen molar-refractivity contribution in [1.29, 1.82) is 0 Å². The SMILES string of the molecule is CCC(CCCCCCCCC(=O)OC(C)(C)CCOC(C)(C)C)S(=O)(=O)O. The standard InChI is InChI=1S/C21H42O6S/c1-7-18(28(23,24)25)14-12-10-8-9-11-13-15-19(22)27-21(5,6)16-17-26-20(2,3)4/h18H,7-17H2,1-6H3,(H,23,24,25). The first kappa shape index (κ1) is 27.3. The molecule has 0 saturated carbocycles. The van der Waals surface area contributed by atoms with Gasteiger partial charge in [-0.05, 0) is 53.9 Å². The average Bonchev–Trinajstić information content (AvgIpc) is 2.50. The lowest BCUT2D eigenvalue weighted by Crippen LogP contribution is -2.31. The predicted molar refractivity (Wildman–Crippen MR) is 113 cm³/mol. The molecule has 0 aliphatic heterocycles. The second-order valence-electron chi connectivity index (χ2n) is 9.15. The molecule has 0 aliphatic carbocycles. The summed E-state index contributed by atoms with van der Waals surface area (Å²) in [7, 11) is -3.91. The van der Waals surface area contributed by atoms with E-state index >= 15 is 0 Å². The van der Waals surface area contributed by atoms with Crippen molar-refractivity contribution in [2.24, 2.45) is 0 Å². The highest BCUT2D eigenvalue weighted by Crippen LogP contribution is 2.19. The van der Waals surface area contributed by atoms with E-state index in [1.54, 1.807) is 6.92 Å². The van der Waals surface area contributed by atoms with Crippen molar-refractivity contribution < 1.29 is 27.2 Å². The molecular formula is C21H42O6S. The Morgan fingerprint density at radius 3 is 2.00 bits per heavy atom. The van der Waals surface area contributed by atoms with Gasteiger partial charge in [0.15, 0.2) is 0 Å². The molecule has 0 aliphatic rings. The Balaban J connectivity index is 3.79. The topological polar surface area (TPSA) is 89.9 Å². The molecule has 0 saturated heterocycles. The number of unbranched alkanes of at least 4 members (excludes halogenated alkanes) is 5. The monoisotopic (exact) mass is 422 g/mol. The average molecular weight is 423 g/mol. The number of esters is 1. The lowest BCUT2D eigenvalue weighted by molar-refractivity contribution is -0.159. The number of rotatable bonds is 15. The van der Waals surface area contributed by atoms with E-state index in [9.17, 15) is 13.2 Å². The normalized spacial score (nSPS) is 14.1. The zero-order valence-electron chi connectivity index (χ0n) is 18.8. The molecule has 0 radical (unpaired) electrons. The Morgan fingerprint density at radius 1 is 0.964 bits per heavy atom. The van der Waals surface area contributed by atoms with Crippen molar-refractivity contribution in [3.05, 3.63) is 0 Å². The summed E-state index contributed by atoms with van der Waals surface area (Å²) in [6, 6.07) is 0. The smallest absolute Gasteiger partial charge is 0.306 e. The maximum Gasteiger partial charge on any atom is 0.306 e. The number of carbonyl (C=O) groups excluding carboxylic acids is 1. The van der Waals surface area contributed by atoms with Gasteiger partial charge in [-0.25, -0.2) is 0 Å². The first-order valence-electron chi connectivity index (χ1n) is 10.6. The van der Waals surface area contributed by atoms with Gasteiger partial charge < -0.3 is 9.47 Å². The molecule has 0 aromatic carbocycles. The van der Waals surface area contributed by atoms with Crippen molar-refractivity contribution in [2.45, 2.75) is 122 Å². The van der Waals surface area contributed by atoms with Gasteiger partial charge in [-0.3, -0.25) is 9.35 Å². The second kappa shape index (κ2) is 12.8. The molecular weight excluding hydrogens is 380 g/mol. The minimum absolute atomic E-state index is 0.167. The molecule has 1 N–H and O–H groups in total. The van der Waals surface area contributed by atoms with Crippen molar-refractivity contribution >= 4 is 16.1 Å². The van der Waals surface area contributed by atoms with E-state index < -0.39 is 21.0 Å². The van der Waals surface area contributed by atoms with Crippen molar-refractivity contribution in [3.63, 3.8) is 0 Å². The molecule has 0 aromatic heterocycles. The van der Waals surface area contributed by atoms with E-state index in [0.717, 1.165) is 38.5 Å². The van der Waals surface area contributed by atoms with Crippen LogP contribution in [0.25, 0.3) is 0 Å². The lowest BCUT2D eigenvalue weighted by Gasteiger charge is -2.27. The van der Waals surface area contributed by atoms with Crippen LogP contribution in [0.5, 0.6) is 0 Å². The summed E-state index contributed by atoms with van der Waals surface area (Å²) in [5.41, 5.74) is -0.713. The summed E-state index contributed by atoms with van der Waals surface area (Å²) in [5.74, 6) is -0.167. The summed E-state index contributed by atoms with van der Waals surface area (Å²) in [6.45, 7) is 12.2. The highest BCUT2D eigenvalue weighted by Gasteiger charge is 2.24. The summed E-state index contributed by atoms with van der Waals surface area (Å²) in [6.07, 6.45) is 7.56. The molecule has 7 heteroatoms. The fourth-order valence-corrected chi connectivity index (χ4v) is 3.81. The van der Waals surface area contributed by atoms with E-state index in [0.29, 0.717) is 32.3 Å². The summed E-state index contributed by atoms with van der Waals surface area (Å²) >= 11 is 0. The number of hydrogen-bond donors (Lipinski definition) is 1. The zero-order chi connectivity index (χ0) is 21.8. The number of hydrogen-bond acceptors (Lipinski definition) is 5. The maximum atomic E-state index is 12.0. The highest BCUT2D eigenvalue weighted by molar-refractivity contribution is 7.86. The first-order chi connectivity index (χ1) is 12.8. The van der Waals surface area contributed by atoms with Gasteiger partial charge in [0.1, 0.15) is 5.60 Å². The van der Waals surface area contributed by atoms with Crippen LogP contribution >= 0.6 is 0 Å². The Bertz CT molecular complexity index is 534. The molecule has 6 nitrogen and oxygen atoms in total. The van der Waals surface area contributed by atoms with Gasteiger partial charge in [-0.1, -0.05) is 39.0 Å². The van der Waals surface area contributed by atoms with E-state index in [4.69, 9.17) is 14.0 Å². The molecule has 0 fully saturated rings. The third kappa shape index (κ3) is 15.3. The van der Waals surface area contributed by atoms with Gasteiger partial charge >= 0.3 is 5.97 Å². The van der Waals surface area contributed by atoms with Crippen LogP contribution in [0.3, 0.4) is 0 Å². The fourth-order valence-electron chi connectivity index (χ4n) is 2.93. The Kier molecular flexibility index (Phi) is 12.5. The fraction of sp³-hybridized carbons (Fsp3) is 0.952. The minimum atomic E-state index is -3.91. The van der Waals surface area contributed by atoms with Gasteiger partial charge in [-0.15, -0.1) is 0 Å². The van der Waals surface area contributed by atoms with Crippen LogP contribution in [0.15, 0.2) is 0 Å². The van der Waals surface area contributed by atoms with E-state index in [2.05, 4.69) is 0 Å². The van der Waals surface area contributed by atoms with E-state index in [1.165, 1.54) is 0 Å². The molecule has 168 valence electrons. The van der Waals surface area contributed by atoms with Gasteiger partial charge in [0.05, 0.1) is 17.5 Å². The third-order valence-corrected chi connectivity index (χ3v) is 6.07. The molecule has 28 heavy (non-hydrogen) atoms. The van der Waals surface area contributed by atoms with Crippen LogP contribution in [-0.2, 0) is 24.4 Å². The second-order valence-corrected chi connectivity index (χ2v) is 10.8. The highest BCUT2D eigenvalue weighted by atomic mass is 32.2. The Labute approximate surface area is 172 Å². The van der Waals surface area contributed by atoms with Crippen LogP contribution in [0, 0.1) is 0 Å². The van der Waals surface area contributed by atoms with Crippen molar-refractivity contribution in [2.75, 3.05) is 6.61 Å². The van der Waals surface area contributed by atoms with E-state index in [-0.39, 0.29) is 11.6 Å². The largest absolute Gasteiger partial charge is 0.460 e. The van der Waals surface area contributed by atoms with Crippen molar-refractivity contribution in [3.8, 4) is 0 Å². The predicted octanol–water partition coefficient (Wildman–Crippen LogP) is 5.30. The Morgan fingerprint density at radius 2 is 1.50 bits per heavy atom. The molecule has 1 atom stereocenters. The van der Waals surface area contributed by atoms with Crippen molar-refractivity contribution in [1.82, 2.24) is 0 Å². The molecule has 0 amide bonds. The van der Waals surface area contributed by atoms with Crippen LogP contribution in [0.4, 0.5) is 0 Å². The lowest BCUT2D eigenvalue weighted by atomic mass is 10.0.